The molecule has 2 rings (SSSR count). The summed E-state index contributed by atoms with van der Waals surface area (Å²) in [5, 5.41) is 12.4. The number of carbonyl (C=O) groups is 3. The molecular weight excluding hydrogens is 403 g/mol. The lowest BCUT2D eigenvalue weighted by Crippen LogP contribution is -2.31. The summed E-state index contributed by atoms with van der Waals surface area (Å²) in [7, 11) is 0. The van der Waals surface area contributed by atoms with Gasteiger partial charge in [0.1, 0.15) is 11.7 Å². The van der Waals surface area contributed by atoms with Crippen molar-refractivity contribution in [2.75, 3.05) is 11.9 Å². The molecule has 2 aromatic rings. The van der Waals surface area contributed by atoms with E-state index >= 15 is 0 Å². The number of nitrogens with two attached hydrogens (primary N) is 1. The SMILES string of the molecule is CCOC(=O)CC(NC(=O)CCC(=O)Nc1ccc(C(=N)N)cc1F)c1ccccc1. The van der Waals surface area contributed by atoms with Crippen molar-refractivity contribution >= 4 is 29.3 Å². The molecule has 0 spiro atoms. The molecule has 9 heteroatoms. The number of ether oxygens (including phenoxy) is 1. The second-order valence-corrected chi connectivity index (χ2v) is 6.70. The quantitative estimate of drug-likeness (QED) is 0.262. The van der Waals surface area contributed by atoms with Crippen molar-refractivity contribution in [3.63, 3.8) is 0 Å². The molecule has 0 aliphatic rings. The van der Waals surface area contributed by atoms with Crippen molar-refractivity contribution in [3.05, 3.63) is 65.5 Å². The van der Waals surface area contributed by atoms with E-state index in [0.29, 0.717) is 0 Å². The highest BCUT2D eigenvalue weighted by atomic mass is 19.1. The zero-order valence-electron chi connectivity index (χ0n) is 17.1. The lowest BCUT2D eigenvalue weighted by atomic mass is 10.0. The summed E-state index contributed by atoms with van der Waals surface area (Å²) in [6, 6.07) is 12.1. The van der Waals surface area contributed by atoms with E-state index in [4.69, 9.17) is 15.9 Å². The van der Waals surface area contributed by atoms with Gasteiger partial charge in [-0.15, -0.1) is 0 Å². The van der Waals surface area contributed by atoms with Gasteiger partial charge in [0.15, 0.2) is 0 Å². The highest BCUT2D eigenvalue weighted by Crippen LogP contribution is 2.18. The van der Waals surface area contributed by atoms with Crippen LogP contribution in [0, 0.1) is 11.2 Å². The second-order valence-electron chi connectivity index (χ2n) is 6.70. The smallest absolute Gasteiger partial charge is 0.308 e. The number of amides is 2. The van der Waals surface area contributed by atoms with Crippen LogP contribution in [0.1, 0.15) is 43.4 Å². The van der Waals surface area contributed by atoms with Gasteiger partial charge in [-0.25, -0.2) is 4.39 Å². The molecule has 164 valence electrons. The molecule has 0 saturated carbocycles. The van der Waals surface area contributed by atoms with Gasteiger partial charge >= 0.3 is 5.97 Å². The Balaban J connectivity index is 1.93. The molecule has 0 saturated heterocycles. The molecular formula is C22H25FN4O4. The number of anilines is 1. The van der Waals surface area contributed by atoms with Crippen LogP contribution in [0.15, 0.2) is 48.5 Å². The van der Waals surface area contributed by atoms with Crippen LogP contribution in [0.2, 0.25) is 0 Å². The van der Waals surface area contributed by atoms with Crippen molar-refractivity contribution in [1.82, 2.24) is 5.32 Å². The first kappa shape index (κ1) is 23.5. The van der Waals surface area contributed by atoms with E-state index in [1.165, 1.54) is 12.1 Å². The van der Waals surface area contributed by atoms with E-state index in [-0.39, 0.29) is 43.0 Å². The van der Waals surface area contributed by atoms with Gasteiger partial charge in [0, 0.05) is 18.4 Å². The van der Waals surface area contributed by atoms with Crippen molar-refractivity contribution in [2.24, 2.45) is 5.73 Å². The zero-order valence-corrected chi connectivity index (χ0v) is 17.1. The van der Waals surface area contributed by atoms with Gasteiger partial charge in [-0.05, 0) is 30.7 Å². The predicted molar refractivity (Wildman–Crippen MR) is 114 cm³/mol. The Morgan fingerprint density at radius 1 is 1.10 bits per heavy atom. The number of nitrogens with one attached hydrogen (secondary N) is 3. The molecule has 1 atom stereocenters. The number of hydrogen-bond acceptors (Lipinski definition) is 5. The Morgan fingerprint density at radius 3 is 2.39 bits per heavy atom. The lowest BCUT2D eigenvalue weighted by Gasteiger charge is -2.18. The summed E-state index contributed by atoms with van der Waals surface area (Å²) in [6.07, 6.45) is -0.366. The maximum Gasteiger partial charge on any atom is 0.308 e. The van der Waals surface area contributed by atoms with Crippen molar-refractivity contribution in [3.8, 4) is 0 Å². The summed E-state index contributed by atoms with van der Waals surface area (Å²) < 4.78 is 19.0. The van der Waals surface area contributed by atoms with Crippen LogP contribution in [0.4, 0.5) is 10.1 Å². The molecule has 2 amide bonds. The fourth-order valence-electron chi connectivity index (χ4n) is 2.81. The topological polar surface area (TPSA) is 134 Å². The Labute approximate surface area is 179 Å². The highest BCUT2D eigenvalue weighted by Gasteiger charge is 2.20. The minimum Gasteiger partial charge on any atom is -0.466 e. The van der Waals surface area contributed by atoms with E-state index in [9.17, 15) is 18.8 Å². The number of esters is 1. The third-order valence-electron chi connectivity index (χ3n) is 4.35. The minimum absolute atomic E-state index is 0.0382. The van der Waals surface area contributed by atoms with Crippen LogP contribution >= 0.6 is 0 Å². The van der Waals surface area contributed by atoms with Gasteiger partial charge in [0.25, 0.3) is 0 Å². The van der Waals surface area contributed by atoms with E-state index in [0.717, 1.165) is 11.6 Å². The van der Waals surface area contributed by atoms with Crippen LogP contribution < -0.4 is 16.4 Å². The second kappa shape index (κ2) is 11.4. The number of nitrogen functional groups attached to an aromatic ring is 1. The summed E-state index contributed by atoms with van der Waals surface area (Å²) in [5.74, 6) is -2.45. The van der Waals surface area contributed by atoms with Gasteiger partial charge in [0.2, 0.25) is 11.8 Å². The third-order valence-corrected chi connectivity index (χ3v) is 4.35. The van der Waals surface area contributed by atoms with Crippen molar-refractivity contribution in [2.45, 2.75) is 32.2 Å². The summed E-state index contributed by atoms with van der Waals surface area (Å²) >= 11 is 0. The maximum atomic E-state index is 14.0. The predicted octanol–water partition coefficient (Wildman–Crippen LogP) is 2.64. The lowest BCUT2D eigenvalue weighted by molar-refractivity contribution is -0.144. The summed E-state index contributed by atoms with van der Waals surface area (Å²) in [4.78, 5) is 36.3. The molecule has 0 radical (unpaired) electrons. The largest absolute Gasteiger partial charge is 0.466 e. The molecule has 8 nitrogen and oxygen atoms in total. The van der Waals surface area contributed by atoms with Crippen LogP contribution in [0.25, 0.3) is 0 Å². The third kappa shape index (κ3) is 7.54. The monoisotopic (exact) mass is 428 g/mol. The van der Waals surface area contributed by atoms with Gasteiger partial charge in [0.05, 0.1) is 24.8 Å². The molecule has 0 fully saturated rings. The molecule has 2 aromatic carbocycles. The van der Waals surface area contributed by atoms with E-state index in [1.54, 1.807) is 31.2 Å². The minimum atomic E-state index is -0.732. The first-order chi connectivity index (χ1) is 14.8. The summed E-state index contributed by atoms with van der Waals surface area (Å²) in [6.45, 7) is 1.93. The average molecular weight is 428 g/mol. The Morgan fingerprint density at radius 2 is 1.77 bits per heavy atom. The molecule has 0 aliphatic heterocycles. The number of benzene rings is 2. The number of carbonyl (C=O) groups excluding carboxylic acids is 3. The van der Waals surface area contributed by atoms with Gasteiger partial charge in [-0.2, -0.15) is 0 Å². The molecule has 0 heterocycles. The Hall–Kier alpha value is -3.75. The molecule has 0 bridgehead atoms. The van der Waals surface area contributed by atoms with Gasteiger partial charge in [-0.1, -0.05) is 30.3 Å². The molecule has 31 heavy (non-hydrogen) atoms. The van der Waals surface area contributed by atoms with E-state index in [1.807, 2.05) is 6.07 Å². The highest BCUT2D eigenvalue weighted by molar-refractivity contribution is 5.97. The number of hydrogen-bond donors (Lipinski definition) is 4. The number of amidine groups is 1. The van der Waals surface area contributed by atoms with Crippen LogP contribution in [-0.4, -0.2) is 30.2 Å². The molecule has 0 aliphatic carbocycles. The average Bonchev–Trinajstić information content (AvgIpc) is 2.74. The Bertz CT molecular complexity index is 950. The normalized spacial score (nSPS) is 11.3. The van der Waals surface area contributed by atoms with Gasteiger partial charge in [-0.3, -0.25) is 19.8 Å². The zero-order chi connectivity index (χ0) is 22.8. The van der Waals surface area contributed by atoms with Crippen LogP contribution in [0.5, 0.6) is 0 Å². The van der Waals surface area contributed by atoms with E-state index < -0.39 is 29.6 Å². The van der Waals surface area contributed by atoms with Crippen molar-refractivity contribution < 1.29 is 23.5 Å². The molecule has 5 N–H and O–H groups in total. The maximum absolute atomic E-state index is 14.0. The standard InChI is InChI=1S/C22H25FN4O4/c1-2-31-21(30)13-18(14-6-4-3-5-7-14)27-20(29)11-10-19(28)26-17-9-8-15(22(24)25)12-16(17)23/h3-9,12,18H,2,10-11,13H2,1H3,(H3,24,25)(H,26,28)(H,27,29). The molecule has 1 unspecified atom stereocenters. The first-order valence-corrected chi connectivity index (χ1v) is 9.73. The number of rotatable bonds is 10. The van der Waals surface area contributed by atoms with Crippen LogP contribution in [-0.2, 0) is 19.1 Å². The fraction of sp³-hybridized carbons (Fsp3) is 0.273. The number of halogens is 1. The van der Waals surface area contributed by atoms with Gasteiger partial charge < -0.3 is 21.1 Å². The summed E-state index contributed by atoms with van der Waals surface area (Å²) in [5.41, 5.74) is 6.16. The first-order valence-electron chi connectivity index (χ1n) is 9.73. The van der Waals surface area contributed by atoms with Crippen molar-refractivity contribution in [1.29, 1.82) is 5.41 Å². The molecule has 0 aromatic heterocycles. The van der Waals surface area contributed by atoms with Crippen LogP contribution in [0.3, 0.4) is 0 Å². The Kier molecular flexibility index (Phi) is 8.68. The fourth-order valence-corrected chi connectivity index (χ4v) is 2.81. The van der Waals surface area contributed by atoms with E-state index in [2.05, 4.69) is 10.6 Å².